The minimum absolute atomic E-state index is 0.0447. The zero-order valence-electron chi connectivity index (χ0n) is 15.4. The number of carbonyl (C=O) groups is 2. The molecule has 0 saturated heterocycles. The monoisotopic (exact) mass is 365 g/mol. The molecule has 0 spiro atoms. The molecule has 0 fully saturated rings. The number of nitrogens with one attached hydrogen (secondary N) is 1. The Morgan fingerprint density at radius 1 is 1.22 bits per heavy atom. The van der Waals surface area contributed by atoms with E-state index in [0.717, 1.165) is 17.4 Å². The van der Waals surface area contributed by atoms with Crippen molar-refractivity contribution in [3.8, 4) is 0 Å². The molecule has 2 unspecified atom stereocenters. The molecule has 2 atom stereocenters. The molecule has 2 heterocycles. The van der Waals surface area contributed by atoms with Crippen molar-refractivity contribution in [2.45, 2.75) is 32.9 Å². The first-order valence-electron chi connectivity index (χ1n) is 8.95. The highest BCUT2D eigenvalue weighted by Gasteiger charge is 2.24. The van der Waals surface area contributed by atoms with Crippen LogP contribution in [0.25, 0.3) is 11.0 Å². The number of rotatable bonds is 7. The van der Waals surface area contributed by atoms with Crippen molar-refractivity contribution in [3.05, 3.63) is 59.9 Å². The van der Waals surface area contributed by atoms with Crippen molar-refractivity contribution in [1.82, 2.24) is 20.1 Å². The standard InChI is InChI=1S/C20H23N5O2/c1-3-13(2)17(18(21)26)24-20(27)16-9-15-11-23-25(19(15)22-10-16)12-14-7-5-4-6-8-14/h4-11,13,17H,3,12H2,1-2H3,(H2,21,26)(H,24,27). The average molecular weight is 365 g/mol. The largest absolute Gasteiger partial charge is 0.368 e. The Bertz CT molecular complexity index is 951. The van der Waals surface area contributed by atoms with Gasteiger partial charge >= 0.3 is 0 Å². The van der Waals surface area contributed by atoms with E-state index in [2.05, 4.69) is 15.4 Å². The number of pyridine rings is 1. The third kappa shape index (κ3) is 4.13. The number of hydrogen-bond donors (Lipinski definition) is 2. The van der Waals surface area contributed by atoms with Gasteiger partial charge in [0.15, 0.2) is 5.65 Å². The second-order valence-electron chi connectivity index (χ2n) is 6.66. The Balaban J connectivity index is 1.80. The number of carbonyl (C=O) groups excluding carboxylic acids is 2. The molecule has 0 aliphatic carbocycles. The van der Waals surface area contributed by atoms with Crippen molar-refractivity contribution >= 4 is 22.8 Å². The molecule has 0 radical (unpaired) electrons. The molecule has 7 nitrogen and oxygen atoms in total. The summed E-state index contributed by atoms with van der Waals surface area (Å²) in [5, 5.41) is 7.85. The SMILES string of the molecule is CCC(C)C(NC(=O)c1cnc2c(cnn2Cc2ccccc2)c1)C(N)=O. The number of primary amides is 1. The second-order valence-corrected chi connectivity index (χ2v) is 6.66. The lowest BCUT2D eigenvalue weighted by atomic mass is 9.98. The third-order valence-corrected chi connectivity index (χ3v) is 4.72. The summed E-state index contributed by atoms with van der Waals surface area (Å²) < 4.78 is 1.79. The van der Waals surface area contributed by atoms with E-state index in [-0.39, 0.29) is 11.8 Å². The molecule has 3 rings (SSSR count). The van der Waals surface area contributed by atoms with Crippen LogP contribution in [0.3, 0.4) is 0 Å². The van der Waals surface area contributed by atoms with Crippen LogP contribution in [-0.4, -0.2) is 32.6 Å². The fourth-order valence-electron chi connectivity index (χ4n) is 2.92. The first-order valence-corrected chi connectivity index (χ1v) is 8.95. The van der Waals surface area contributed by atoms with E-state index in [0.29, 0.717) is 17.8 Å². The van der Waals surface area contributed by atoms with Crippen LogP contribution in [0.2, 0.25) is 0 Å². The van der Waals surface area contributed by atoms with Crippen LogP contribution < -0.4 is 11.1 Å². The molecular formula is C20H23N5O2. The molecule has 2 amide bonds. The van der Waals surface area contributed by atoms with Crippen LogP contribution in [0, 0.1) is 5.92 Å². The Labute approximate surface area is 157 Å². The van der Waals surface area contributed by atoms with E-state index in [1.54, 1.807) is 16.9 Å². The quantitative estimate of drug-likeness (QED) is 0.669. The Hall–Kier alpha value is -3.22. The maximum absolute atomic E-state index is 12.5. The van der Waals surface area contributed by atoms with Gasteiger partial charge in [-0.2, -0.15) is 5.10 Å². The molecule has 27 heavy (non-hydrogen) atoms. The zero-order chi connectivity index (χ0) is 19.4. The van der Waals surface area contributed by atoms with Gasteiger partial charge in [0.2, 0.25) is 5.91 Å². The number of fused-ring (bicyclic) bond motifs is 1. The smallest absolute Gasteiger partial charge is 0.253 e. The summed E-state index contributed by atoms with van der Waals surface area (Å²) >= 11 is 0. The minimum atomic E-state index is -0.709. The second kappa shape index (κ2) is 7.99. The summed E-state index contributed by atoms with van der Waals surface area (Å²) in [7, 11) is 0. The lowest BCUT2D eigenvalue weighted by Gasteiger charge is -2.21. The van der Waals surface area contributed by atoms with Crippen molar-refractivity contribution in [2.75, 3.05) is 0 Å². The van der Waals surface area contributed by atoms with Gasteiger partial charge in [0.1, 0.15) is 6.04 Å². The summed E-state index contributed by atoms with van der Waals surface area (Å²) in [5.41, 5.74) is 7.61. The van der Waals surface area contributed by atoms with Crippen LogP contribution in [0.15, 0.2) is 48.8 Å². The maximum Gasteiger partial charge on any atom is 0.253 e. The number of nitrogens with two attached hydrogens (primary N) is 1. The van der Waals surface area contributed by atoms with E-state index >= 15 is 0 Å². The van der Waals surface area contributed by atoms with E-state index in [9.17, 15) is 9.59 Å². The highest BCUT2D eigenvalue weighted by molar-refractivity contribution is 5.99. The molecule has 0 aliphatic rings. The van der Waals surface area contributed by atoms with E-state index in [1.165, 1.54) is 6.20 Å². The van der Waals surface area contributed by atoms with Crippen LogP contribution in [0.5, 0.6) is 0 Å². The van der Waals surface area contributed by atoms with Gasteiger partial charge in [0.25, 0.3) is 5.91 Å². The molecule has 0 saturated carbocycles. The molecule has 1 aromatic carbocycles. The van der Waals surface area contributed by atoms with Crippen molar-refractivity contribution < 1.29 is 9.59 Å². The van der Waals surface area contributed by atoms with Gasteiger partial charge in [-0.1, -0.05) is 50.6 Å². The predicted octanol–water partition coefficient (Wildman–Crippen LogP) is 2.11. The first kappa shape index (κ1) is 18.6. The summed E-state index contributed by atoms with van der Waals surface area (Å²) in [4.78, 5) is 28.6. The molecule has 3 N–H and O–H groups in total. The molecule has 3 aromatic rings. The fraction of sp³-hybridized carbons (Fsp3) is 0.300. The maximum atomic E-state index is 12.5. The van der Waals surface area contributed by atoms with Gasteiger partial charge < -0.3 is 11.1 Å². The van der Waals surface area contributed by atoms with Gasteiger partial charge in [0, 0.05) is 11.6 Å². The zero-order valence-corrected chi connectivity index (χ0v) is 15.4. The van der Waals surface area contributed by atoms with Gasteiger partial charge in [0.05, 0.1) is 18.3 Å². The lowest BCUT2D eigenvalue weighted by molar-refractivity contribution is -0.120. The molecule has 7 heteroatoms. The molecule has 0 bridgehead atoms. The lowest BCUT2D eigenvalue weighted by Crippen LogP contribution is -2.48. The Morgan fingerprint density at radius 2 is 1.96 bits per heavy atom. The Kier molecular flexibility index (Phi) is 5.49. The van der Waals surface area contributed by atoms with Crippen LogP contribution in [0.1, 0.15) is 36.2 Å². The van der Waals surface area contributed by atoms with E-state index in [1.807, 2.05) is 44.2 Å². The van der Waals surface area contributed by atoms with Gasteiger partial charge in [-0.25, -0.2) is 9.67 Å². The molecule has 0 aliphatic heterocycles. The van der Waals surface area contributed by atoms with Crippen molar-refractivity contribution in [2.24, 2.45) is 11.7 Å². The summed E-state index contributed by atoms with van der Waals surface area (Å²) in [6.07, 6.45) is 3.91. The minimum Gasteiger partial charge on any atom is -0.368 e. The average Bonchev–Trinajstić information content (AvgIpc) is 3.08. The van der Waals surface area contributed by atoms with Crippen LogP contribution >= 0.6 is 0 Å². The number of hydrogen-bond acceptors (Lipinski definition) is 4. The fourth-order valence-corrected chi connectivity index (χ4v) is 2.92. The number of benzene rings is 1. The molecule has 140 valence electrons. The highest BCUT2D eigenvalue weighted by atomic mass is 16.2. The van der Waals surface area contributed by atoms with Crippen molar-refractivity contribution in [3.63, 3.8) is 0 Å². The number of nitrogens with zero attached hydrogens (tertiary/aromatic N) is 3. The predicted molar refractivity (Wildman–Crippen MR) is 103 cm³/mol. The molecule has 2 aromatic heterocycles. The first-order chi connectivity index (χ1) is 13.0. The van der Waals surface area contributed by atoms with Gasteiger partial charge in [-0.05, 0) is 17.5 Å². The number of amides is 2. The van der Waals surface area contributed by atoms with E-state index < -0.39 is 11.9 Å². The number of aromatic nitrogens is 3. The van der Waals surface area contributed by atoms with Crippen molar-refractivity contribution in [1.29, 1.82) is 0 Å². The van der Waals surface area contributed by atoms with Crippen LogP contribution in [0.4, 0.5) is 0 Å². The third-order valence-electron chi connectivity index (χ3n) is 4.72. The topological polar surface area (TPSA) is 103 Å². The van der Waals surface area contributed by atoms with E-state index in [4.69, 9.17) is 5.73 Å². The highest BCUT2D eigenvalue weighted by Crippen LogP contribution is 2.15. The van der Waals surface area contributed by atoms with Gasteiger partial charge in [-0.3, -0.25) is 9.59 Å². The van der Waals surface area contributed by atoms with Crippen LogP contribution in [-0.2, 0) is 11.3 Å². The Morgan fingerprint density at radius 3 is 2.63 bits per heavy atom. The summed E-state index contributed by atoms with van der Waals surface area (Å²) in [6.45, 7) is 4.42. The van der Waals surface area contributed by atoms with Gasteiger partial charge in [-0.15, -0.1) is 0 Å². The normalized spacial score (nSPS) is 13.3. The summed E-state index contributed by atoms with van der Waals surface area (Å²) in [5.74, 6) is -0.955. The summed E-state index contributed by atoms with van der Waals surface area (Å²) in [6, 6.07) is 11.0. The molecular weight excluding hydrogens is 342 g/mol.